The van der Waals surface area contributed by atoms with Crippen LogP contribution in [0.1, 0.15) is 51.4 Å². The summed E-state index contributed by atoms with van der Waals surface area (Å²) in [6, 6.07) is 0. The largest absolute Gasteiger partial charge is 0.329 e. The lowest BCUT2D eigenvalue weighted by atomic mass is 9.78. The Morgan fingerprint density at radius 2 is 1.80 bits per heavy atom. The van der Waals surface area contributed by atoms with Crippen molar-refractivity contribution in [3.05, 3.63) is 0 Å². The number of nitrogens with two attached hydrogens (primary N) is 1. The van der Waals surface area contributed by atoms with Crippen LogP contribution < -0.4 is 5.73 Å². The van der Waals surface area contributed by atoms with Crippen molar-refractivity contribution < 1.29 is 0 Å². The second kappa shape index (κ2) is 4.84. The smallest absolute Gasteiger partial charge is 0.0328 e. The highest BCUT2D eigenvalue weighted by Crippen LogP contribution is 2.35. The molecular formula is C13H26N2. The Hall–Kier alpha value is -0.0800. The van der Waals surface area contributed by atoms with E-state index in [0.717, 1.165) is 12.5 Å². The maximum Gasteiger partial charge on any atom is 0.0328 e. The first-order chi connectivity index (χ1) is 7.27. The van der Waals surface area contributed by atoms with E-state index >= 15 is 0 Å². The number of hydrogen-bond acceptors (Lipinski definition) is 2. The molecule has 0 aromatic rings. The summed E-state index contributed by atoms with van der Waals surface area (Å²) < 4.78 is 0. The van der Waals surface area contributed by atoms with E-state index in [9.17, 15) is 0 Å². The molecule has 88 valence electrons. The van der Waals surface area contributed by atoms with Gasteiger partial charge >= 0.3 is 0 Å². The lowest BCUT2D eigenvalue weighted by molar-refractivity contribution is 0.0535. The van der Waals surface area contributed by atoms with Gasteiger partial charge < -0.3 is 5.73 Å². The van der Waals surface area contributed by atoms with E-state index in [0.29, 0.717) is 5.54 Å². The molecule has 2 aliphatic carbocycles. The molecule has 2 saturated carbocycles. The first-order valence-electron chi connectivity index (χ1n) is 6.68. The molecule has 0 heterocycles. The predicted octanol–water partition coefficient (Wildman–Crippen LogP) is 2.38. The minimum atomic E-state index is 0.355. The van der Waals surface area contributed by atoms with Gasteiger partial charge in [0.1, 0.15) is 0 Å². The standard InChI is InChI=1S/C13H26N2/c1-15(10-12-6-5-7-12)13(11-14)8-3-2-4-9-13/h12H,2-11,14H2,1H3. The Balaban J connectivity index is 1.90. The van der Waals surface area contributed by atoms with Crippen LogP contribution in [0.4, 0.5) is 0 Å². The molecule has 0 unspecified atom stereocenters. The van der Waals surface area contributed by atoms with Crippen LogP contribution in [0.5, 0.6) is 0 Å². The summed E-state index contributed by atoms with van der Waals surface area (Å²) in [5.41, 5.74) is 6.39. The Morgan fingerprint density at radius 3 is 2.27 bits per heavy atom. The fourth-order valence-corrected chi connectivity index (χ4v) is 3.21. The molecule has 2 rings (SSSR count). The van der Waals surface area contributed by atoms with Gasteiger partial charge in [-0.3, -0.25) is 4.90 Å². The van der Waals surface area contributed by atoms with Crippen LogP contribution in [0.2, 0.25) is 0 Å². The van der Waals surface area contributed by atoms with Crippen molar-refractivity contribution in [3.8, 4) is 0 Å². The summed E-state index contributed by atoms with van der Waals surface area (Å²) in [6.07, 6.45) is 11.2. The summed E-state index contributed by atoms with van der Waals surface area (Å²) in [6.45, 7) is 2.15. The van der Waals surface area contributed by atoms with Gasteiger partial charge in [0.15, 0.2) is 0 Å². The summed E-state index contributed by atoms with van der Waals surface area (Å²) >= 11 is 0. The zero-order valence-corrected chi connectivity index (χ0v) is 10.2. The summed E-state index contributed by atoms with van der Waals surface area (Å²) in [7, 11) is 2.30. The van der Waals surface area contributed by atoms with Gasteiger partial charge in [-0.2, -0.15) is 0 Å². The lowest BCUT2D eigenvalue weighted by Crippen LogP contribution is -2.54. The molecule has 0 radical (unpaired) electrons. The molecule has 0 atom stereocenters. The molecule has 0 amide bonds. The third kappa shape index (κ3) is 2.36. The van der Waals surface area contributed by atoms with Gasteiger partial charge in [0, 0.05) is 18.6 Å². The lowest BCUT2D eigenvalue weighted by Gasteiger charge is -2.46. The predicted molar refractivity (Wildman–Crippen MR) is 64.8 cm³/mol. The first kappa shape index (κ1) is 11.4. The van der Waals surface area contributed by atoms with Crippen LogP contribution in [-0.2, 0) is 0 Å². The maximum absolute atomic E-state index is 6.03. The van der Waals surface area contributed by atoms with Gasteiger partial charge in [0.25, 0.3) is 0 Å². The fourth-order valence-electron chi connectivity index (χ4n) is 3.21. The van der Waals surface area contributed by atoms with Gasteiger partial charge in [-0.15, -0.1) is 0 Å². The molecule has 0 aromatic carbocycles. The Morgan fingerprint density at radius 1 is 1.13 bits per heavy atom. The molecule has 2 N–H and O–H groups in total. The molecular weight excluding hydrogens is 184 g/mol. The van der Waals surface area contributed by atoms with E-state index in [4.69, 9.17) is 5.73 Å². The van der Waals surface area contributed by atoms with Gasteiger partial charge in [-0.25, -0.2) is 0 Å². The molecule has 0 spiro atoms. The second-order valence-electron chi connectivity index (χ2n) is 5.67. The molecule has 0 saturated heterocycles. The average Bonchev–Trinajstić information content (AvgIpc) is 2.24. The molecule has 0 aliphatic heterocycles. The Labute approximate surface area is 94.2 Å². The quantitative estimate of drug-likeness (QED) is 0.772. The summed E-state index contributed by atoms with van der Waals surface area (Å²) in [4.78, 5) is 2.59. The van der Waals surface area contributed by atoms with E-state index in [1.807, 2.05) is 0 Å². The molecule has 0 aromatic heterocycles. The first-order valence-corrected chi connectivity index (χ1v) is 6.68. The fraction of sp³-hybridized carbons (Fsp3) is 1.00. The van der Waals surface area contributed by atoms with Crippen molar-refractivity contribution in [1.29, 1.82) is 0 Å². The van der Waals surface area contributed by atoms with Crippen LogP contribution >= 0.6 is 0 Å². The van der Waals surface area contributed by atoms with Crippen molar-refractivity contribution in [2.24, 2.45) is 11.7 Å². The van der Waals surface area contributed by atoms with Crippen molar-refractivity contribution >= 4 is 0 Å². The van der Waals surface area contributed by atoms with E-state index in [-0.39, 0.29) is 0 Å². The Kier molecular flexibility index (Phi) is 3.68. The van der Waals surface area contributed by atoms with Crippen molar-refractivity contribution in [3.63, 3.8) is 0 Å². The minimum Gasteiger partial charge on any atom is -0.329 e. The van der Waals surface area contributed by atoms with Crippen LogP contribution in [0, 0.1) is 5.92 Å². The Bertz CT molecular complexity index is 193. The van der Waals surface area contributed by atoms with Crippen LogP contribution in [0.3, 0.4) is 0 Å². The number of likely N-dealkylation sites (N-methyl/N-ethyl adjacent to an activating group) is 1. The van der Waals surface area contributed by atoms with Crippen LogP contribution in [0.15, 0.2) is 0 Å². The van der Waals surface area contributed by atoms with Crippen molar-refractivity contribution in [1.82, 2.24) is 4.90 Å². The van der Waals surface area contributed by atoms with Gasteiger partial charge in [0.2, 0.25) is 0 Å². The zero-order valence-electron chi connectivity index (χ0n) is 10.2. The molecule has 15 heavy (non-hydrogen) atoms. The van der Waals surface area contributed by atoms with E-state index in [1.54, 1.807) is 0 Å². The van der Waals surface area contributed by atoms with Gasteiger partial charge in [0.05, 0.1) is 0 Å². The highest BCUT2D eigenvalue weighted by Gasteiger charge is 2.36. The highest BCUT2D eigenvalue weighted by molar-refractivity contribution is 4.93. The minimum absolute atomic E-state index is 0.355. The third-order valence-corrected chi connectivity index (χ3v) is 4.73. The van der Waals surface area contributed by atoms with E-state index in [2.05, 4.69) is 11.9 Å². The zero-order chi connectivity index (χ0) is 10.7. The third-order valence-electron chi connectivity index (χ3n) is 4.73. The van der Waals surface area contributed by atoms with Crippen LogP contribution in [0.25, 0.3) is 0 Å². The maximum atomic E-state index is 6.03. The van der Waals surface area contributed by atoms with Crippen LogP contribution in [-0.4, -0.2) is 30.6 Å². The van der Waals surface area contributed by atoms with Gasteiger partial charge in [-0.1, -0.05) is 25.7 Å². The second-order valence-corrected chi connectivity index (χ2v) is 5.67. The van der Waals surface area contributed by atoms with E-state index in [1.165, 1.54) is 57.9 Å². The molecule has 2 aliphatic rings. The summed E-state index contributed by atoms with van der Waals surface area (Å²) in [5.74, 6) is 0.973. The molecule has 2 fully saturated rings. The molecule has 2 heteroatoms. The number of rotatable bonds is 4. The molecule has 2 nitrogen and oxygen atoms in total. The van der Waals surface area contributed by atoms with Crippen molar-refractivity contribution in [2.45, 2.75) is 56.9 Å². The average molecular weight is 210 g/mol. The normalized spacial score (nSPS) is 26.6. The highest BCUT2D eigenvalue weighted by atomic mass is 15.2. The van der Waals surface area contributed by atoms with Gasteiger partial charge in [-0.05, 0) is 38.6 Å². The number of nitrogens with zero attached hydrogens (tertiary/aromatic N) is 1. The molecule has 0 bridgehead atoms. The van der Waals surface area contributed by atoms with E-state index < -0.39 is 0 Å². The monoisotopic (exact) mass is 210 g/mol. The topological polar surface area (TPSA) is 29.3 Å². The van der Waals surface area contributed by atoms with Crippen molar-refractivity contribution in [2.75, 3.05) is 20.1 Å². The number of hydrogen-bond donors (Lipinski definition) is 1. The summed E-state index contributed by atoms with van der Waals surface area (Å²) in [5, 5.41) is 0. The SMILES string of the molecule is CN(CC1CCC1)C1(CN)CCCCC1.